The molecule has 1 aromatic carbocycles. The van der Waals surface area contributed by atoms with Gasteiger partial charge in [0.25, 0.3) is 0 Å². The third-order valence-electron chi connectivity index (χ3n) is 5.41. The van der Waals surface area contributed by atoms with Crippen LogP contribution in [0.25, 0.3) is 5.69 Å². The topological polar surface area (TPSA) is 75.3 Å². The summed E-state index contributed by atoms with van der Waals surface area (Å²) in [6, 6.07) is 8.16. The van der Waals surface area contributed by atoms with E-state index < -0.39 is 11.6 Å². The summed E-state index contributed by atoms with van der Waals surface area (Å²) in [6.07, 6.45) is 3.17. The van der Waals surface area contributed by atoms with Crippen molar-refractivity contribution in [3.8, 4) is 5.69 Å². The number of hydrogen-bond donors (Lipinski definition) is 2. The van der Waals surface area contributed by atoms with Crippen molar-refractivity contribution in [3.63, 3.8) is 0 Å². The summed E-state index contributed by atoms with van der Waals surface area (Å²) in [6.45, 7) is 14.1. The highest BCUT2D eigenvalue weighted by Crippen LogP contribution is 2.26. The zero-order chi connectivity index (χ0) is 22.0. The van der Waals surface area contributed by atoms with Crippen molar-refractivity contribution >= 4 is 5.97 Å². The van der Waals surface area contributed by atoms with Gasteiger partial charge in [-0.1, -0.05) is 52.7 Å². The van der Waals surface area contributed by atoms with Gasteiger partial charge in [-0.25, -0.2) is 9.48 Å². The molecule has 0 bridgehead atoms. The number of aliphatic hydroxyl groups is 1. The molecule has 1 aromatic heterocycles. The normalized spacial score (nSPS) is 13.5. The first-order valence-corrected chi connectivity index (χ1v) is 10.4. The lowest BCUT2D eigenvalue weighted by Gasteiger charge is -2.19. The van der Waals surface area contributed by atoms with Crippen molar-refractivity contribution in [1.82, 2.24) is 9.78 Å². The van der Waals surface area contributed by atoms with E-state index in [1.165, 1.54) is 5.56 Å². The summed E-state index contributed by atoms with van der Waals surface area (Å²) in [5, 5.41) is 24.3. The molecule has 0 radical (unpaired) electrons. The summed E-state index contributed by atoms with van der Waals surface area (Å²) in [5.41, 5.74) is 3.09. The molecular weight excluding hydrogens is 364 g/mol. The van der Waals surface area contributed by atoms with E-state index in [1.807, 2.05) is 32.9 Å². The highest BCUT2D eigenvalue weighted by Gasteiger charge is 2.23. The Morgan fingerprint density at radius 3 is 2.21 bits per heavy atom. The number of hydrogen-bond acceptors (Lipinski definition) is 3. The molecule has 0 spiro atoms. The van der Waals surface area contributed by atoms with Gasteiger partial charge in [-0.15, -0.1) is 0 Å². The zero-order valence-corrected chi connectivity index (χ0v) is 18.9. The number of carboxylic acid groups (broad SMARTS) is 1. The van der Waals surface area contributed by atoms with E-state index >= 15 is 0 Å². The third-order valence-corrected chi connectivity index (χ3v) is 5.41. The van der Waals surface area contributed by atoms with Gasteiger partial charge in [-0.05, 0) is 62.6 Å². The van der Waals surface area contributed by atoms with Crippen LogP contribution in [0.15, 0.2) is 24.3 Å². The second kappa shape index (κ2) is 8.70. The van der Waals surface area contributed by atoms with Gasteiger partial charge in [-0.3, -0.25) is 0 Å². The Labute approximate surface area is 174 Å². The van der Waals surface area contributed by atoms with Crippen molar-refractivity contribution in [2.45, 2.75) is 85.2 Å². The van der Waals surface area contributed by atoms with Crippen molar-refractivity contribution in [2.75, 3.05) is 0 Å². The largest absolute Gasteiger partial charge is 0.478 e. The van der Waals surface area contributed by atoms with Gasteiger partial charge in [0.1, 0.15) is 5.56 Å². The maximum atomic E-state index is 11.9. The smallest absolute Gasteiger partial charge is 0.339 e. The molecule has 2 rings (SSSR count). The molecule has 0 amide bonds. The minimum absolute atomic E-state index is 0.0631. The number of nitrogens with zero attached hydrogens (tertiary/aromatic N) is 2. The number of aromatic nitrogens is 2. The van der Waals surface area contributed by atoms with Gasteiger partial charge in [0, 0.05) is 0 Å². The molecule has 1 unspecified atom stereocenters. The average Bonchev–Trinajstić information content (AvgIpc) is 2.89. The second-order valence-electron chi connectivity index (χ2n) is 9.93. The molecule has 0 saturated carbocycles. The molecule has 160 valence electrons. The van der Waals surface area contributed by atoms with Gasteiger partial charge >= 0.3 is 5.97 Å². The molecule has 1 atom stereocenters. The molecule has 0 aliphatic heterocycles. The number of rotatable bonds is 8. The number of benzene rings is 1. The Kier molecular flexibility index (Phi) is 6.94. The Morgan fingerprint density at radius 2 is 1.72 bits per heavy atom. The molecule has 2 aromatic rings. The van der Waals surface area contributed by atoms with Gasteiger partial charge < -0.3 is 10.2 Å². The van der Waals surface area contributed by atoms with Gasteiger partial charge in [-0.2, -0.15) is 5.10 Å². The average molecular weight is 401 g/mol. The maximum absolute atomic E-state index is 11.9. The van der Waals surface area contributed by atoms with Crippen molar-refractivity contribution in [3.05, 3.63) is 46.8 Å². The van der Waals surface area contributed by atoms with Gasteiger partial charge in [0.15, 0.2) is 0 Å². The predicted molar refractivity (Wildman–Crippen MR) is 117 cm³/mol. The summed E-state index contributed by atoms with van der Waals surface area (Å²) >= 11 is 0. The zero-order valence-electron chi connectivity index (χ0n) is 18.9. The van der Waals surface area contributed by atoms with Crippen LogP contribution in [0.2, 0.25) is 0 Å². The van der Waals surface area contributed by atoms with E-state index in [4.69, 9.17) is 0 Å². The highest BCUT2D eigenvalue weighted by molar-refractivity contribution is 5.90. The molecule has 29 heavy (non-hydrogen) atoms. The van der Waals surface area contributed by atoms with E-state index in [0.29, 0.717) is 29.3 Å². The summed E-state index contributed by atoms with van der Waals surface area (Å²) in [4.78, 5) is 11.9. The molecule has 5 heteroatoms. The van der Waals surface area contributed by atoms with Crippen LogP contribution in [0.3, 0.4) is 0 Å². The quantitative estimate of drug-likeness (QED) is 0.631. The summed E-state index contributed by atoms with van der Waals surface area (Å²) in [5.74, 6) is -0.639. The predicted octanol–water partition coefficient (Wildman–Crippen LogP) is 5.30. The Balaban J connectivity index is 2.25. The molecule has 0 aliphatic rings. The minimum Gasteiger partial charge on any atom is -0.478 e. The van der Waals surface area contributed by atoms with E-state index in [0.717, 1.165) is 24.9 Å². The van der Waals surface area contributed by atoms with E-state index in [9.17, 15) is 15.0 Å². The third kappa shape index (κ3) is 6.17. The van der Waals surface area contributed by atoms with Crippen molar-refractivity contribution < 1.29 is 15.0 Å². The Bertz CT molecular complexity index is 837. The van der Waals surface area contributed by atoms with Crippen molar-refractivity contribution in [2.24, 2.45) is 5.92 Å². The van der Waals surface area contributed by atoms with Crippen LogP contribution in [0.5, 0.6) is 0 Å². The molecular formula is C24H36N2O3. The van der Waals surface area contributed by atoms with Crippen LogP contribution in [-0.4, -0.2) is 31.6 Å². The summed E-state index contributed by atoms with van der Waals surface area (Å²) in [7, 11) is 0. The second-order valence-corrected chi connectivity index (χ2v) is 9.93. The van der Waals surface area contributed by atoms with Crippen LogP contribution in [-0.2, 0) is 11.8 Å². The van der Waals surface area contributed by atoms with Crippen molar-refractivity contribution in [1.29, 1.82) is 0 Å². The lowest BCUT2D eigenvalue weighted by Crippen LogP contribution is -2.18. The molecule has 2 N–H and O–H groups in total. The van der Waals surface area contributed by atoms with E-state index in [2.05, 4.69) is 44.9 Å². The fraction of sp³-hybridized carbons (Fsp3) is 0.583. The first-order chi connectivity index (χ1) is 13.3. The van der Waals surface area contributed by atoms with Crippen LogP contribution in [0, 0.1) is 12.8 Å². The van der Waals surface area contributed by atoms with E-state index in [-0.39, 0.29) is 5.41 Å². The number of carbonyl (C=O) groups is 1. The fourth-order valence-electron chi connectivity index (χ4n) is 3.65. The van der Waals surface area contributed by atoms with Crippen LogP contribution in [0.1, 0.15) is 88.1 Å². The molecule has 5 nitrogen and oxygen atoms in total. The fourth-order valence-corrected chi connectivity index (χ4v) is 3.65. The number of carboxylic acids is 1. The molecule has 0 saturated heterocycles. The molecule has 0 fully saturated rings. The van der Waals surface area contributed by atoms with Gasteiger partial charge in [0.2, 0.25) is 0 Å². The lowest BCUT2D eigenvalue weighted by atomic mass is 9.87. The van der Waals surface area contributed by atoms with Crippen LogP contribution < -0.4 is 0 Å². The first kappa shape index (κ1) is 23.1. The summed E-state index contributed by atoms with van der Waals surface area (Å²) < 4.78 is 1.74. The first-order valence-electron chi connectivity index (χ1n) is 10.4. The monoisotopic (exact) mass is 400 g/mol. The van der Waals surface area contributed by atoms with Crippen LogP contribution in [0.4, 0.5) is 0 Å². The minimum atomic E-state index is -0.932. The molecule has 0 aliphatic carbocycles. The SMILES string of the molecule is Cc1c(C(=O)O)c(CC(C)CCCC(C)(C)O)nn1-c1ccc(C(C)(C)C)cc1. The van der Waals surface area contributed by atoms with E-state index in [1.54, 1.807) is 4.68 Å². The van der Waals surface area contributed by atoms with Crippen LogP contribution >= 0.6 is 0 Å². The Hall–Kier alpha value is -2.14. The number of aromatic carboxylic acids is 1. The lowest BCUT2D eigenvalue weighted by molar-refractivity contribution is 0.0669. The molecule has 1 heterocycles. The standard InChI is InChI=1S/C24H36N2O3/c1-16(9-8-14-24(6,7)29)15-20-21(22(27)28)17(2)26(25-20)19-12-10-18(11-13-19)23(3,4)5/h10-13,16,29H,8-9,14-15H2,1-7H3,(H,27,28). The maximum Gasteiger partial charge on any atom is 0.339 e. The van der Waals surface area contributed by atoms with Gasteiger partial charge in [0.05, 0.1) is 22.7 Å². The Morgan fingerprint density at radius 1 is 1.14 bits per heavy atom. The highest BCUT2D eigenvalue weighted by atomic mass is 16.4.